The number of carbonyl (C=O) groups excluding carboxylic acids is 1. The Morgan fingerprint density at radius 1 is 1.13 bits per heavy atom. The molecule has 0 aliphatic carbocycles. The third kappa shape index (κ3) is 4.81. The first-order valence-electron chi connectivity index (χ1n) is 9.50. The van der Waals surface area contributed by atoms with E-state index in [-0.39, 0.29) is 17.4 Å². The lowest BCUT2D eigenvalue weighted by molar-refractivity contribution is 0.101. The van der Waals surface area contributed by atoms with Crippen molar-refractivity contribution in [2.45, 2.75) is 25.5 Å². The van der Waals surface area contributed by atoms with Gasteiger partial charge in [-0.1, -0.05) is 37.7 Å². The molecule has 0 saturated carbocycles. The summed E-state index contributed by atoms with van der Waals surface area (Å²) >= 11 is 1.27. The zero-order valence-corrected chi connectivity index (χ0v) is 18.2. The summed E-state index contributed by atoms with van der Waals surface area (Å²) in [6.07, 6.45) is 0. The van der Waals surface area contributed by atoms with Crippen molar-refractivity contribution in [3.8, 4) is 22.9 Å². The molecule has 0 N–H and O–H groups in total. The number of ketones is 1. The highest BCUT2D eigenvalue weighted by atomic mass is 32.2. The van der Waals surface area contributed by atoms with Gasteiger partial charge in [-0.15, -0.1) is 10.2 Å². The molecule has 0 spiro atoms. The number of nitrogens with zero attached hydrogens (tertiary/aromatic N) is 3. The molecule has 3 rings (SSSR count). The number of benzene rings is 2. The summed E-state index contributed by atoms with van der Waals surface area (Å²) in [5, 5.41) is 9.00. The zero-order valence-electron chi connectivity index (χ0n) is 17.4. The molecule has 0 aliphatic rings. The first-order chi connectivity index (χ1) is 14.4. The predicted molar refractivity (Wildman–Crippen MR) is 115 cm³/mol. The maximum atomic E-state index is 14.3. The Bertz CT molecular complexity index is 1040. The zero-order chi connectivity index (χ0) is 21.7. The van der Waals surface area contributed by atoms with Crippen molar-refractivity contribution in [2.75, 3.05) is 20.0 Å². The van der Waals surface area contributed by atoms with Gasteiger partial charge in [-0.3, -0.25) is 4.79 Å². The van der Waals surface area contributed by atoms with Gasteiger partial charge in [-0.25, -0.2) is 4.39 Å². The first-order valence-corrected chi connectivity index (χ1v) is 10.5. The normalized spacial score (nSPS) is 11.0. The third-order valence-electron chi connectivity index (χ3n) is 4.42. The summed E-state index contributed by atoms with van der Waals surface area (Å²) in [6, 6.07) is 11.6. The van der Waals surface area contributed by atoms with E-state index in [0.717, 1.165) is 0 Å². The molecule has 0 amide bonds. The van der Waals surface area contributed by atoms with E-state index in [1.54, 1.807) is 43.5 Å². The van der Waals surface area contributed by atoms with Crippen LogP contribution < -0.4 is 9.47 Å². The number of Topliss-reactive ketones (excluding diaryl/α,β-unsaturated/α-hetero) is 1. The lowest BCUT2D eigenvalue weighted by Gasteiger charge is -2.13. The van der Waals surface area contributed by atoms with E-state index in [0.29, 0.717) is 46.1 Å². The smallest absolute Gasteiger partial charge is 0.191 e. The van der Waals surface area contributed by atoms with Crippen molar-refractivity contribution in [2.24, 2.45) is 5.92 Å². The van der Waals surface area contributed by atoms with Crippen LogP contribution in [0.15, 0.2) is 47.6 Å². The van der Waals surface area contributed by atoms with Gasteiger partial charge >= 0.3 is 0 Å². The number of carbonyl (C=O) groups is 1. The Labute approximate surface area is 179 Å². The summed E-state index contributed by atoms with van der Waals surface area (Å²) < 4.78 is 26.7. The van der Waals surface area contributed by atoms with Crippen molar-refractivity contribution >= 4 is 17.5 Å². The van der Waals surface area contributed by atoms with E-state index in [1.165, 1.54) is 24.9 Å². The minimum absolute atomic E-state index is 0.123. The van der Waals surface area contributed by atoms with Crippen molar-refractivity contribution in [1.29, 1.82) is 0 Å². The Kier molecular flexibility index (Phi) is 7.10. The molecule has 1 aromatic heterocycles. The van der Waals surface area contributed by atoms with Crippen molar-refractivity contribution in [3.05, 3.63) is 53.8 Å². The average molecular weight is 430 g/mol. The van der Waals surface area contributed by atoms with Gasteiger partial charge in [0.2, 0.25) is 0 Å². The summed E-state index contributed by atoms with van der Waals surface area (Å²) in [6.45, 7) is 4.73. The minimum atomic E-state index is -0.358. The van der Waals surface area contributed by atoms with E-state index >= 15 is 0 Å². The van der Waals surface area contributed by atoms with Crippen LogP contribution in [0.25, 0.3) is 11.4 Å². The van der Waals surface area contributed by atoms with Gasteiger partial charge in [0.25, 0.3) is 0 Å². The number of halogens is 1. The Morgan fingerprint density at radius 2 is 1.90 bits per heavy atom. The van der Waals surface area contributed by atoms with Gasteiger partial charge in [-0.05, 0) is 36.2 Å². The molecule has 0 saturated heterocycles. The molecule has 0 bridgehead atoms. The fraction of sp³-hybridized carbons (Fsp3) is 0.318. The summed E-state index contributed by atoms with van der Waals surface area (Å²) in [7, 11) is 3.06. The van der Waals surface area contributed by atoms with E-state index < -0.39 is 0 Å². The van der Waals surface area contributed by atoms with Crippen LogP contribution in [0.5, 0.6) is 11.5 Å². The molecule has 0 radical (unpaired) electrons. The molecule has 8 heteroatoms. The second-order valence-corrected chi connectivity index (χ2v) is 8.01. The second-order valence-electron chi connectivity index (χ2n) is 7.07. The Balaban J connectivity index is 1.87. The van der Waals surface area contributed by atoms with Crippen molar-refractivity contribution in [1.82, 2.24) is 14.8 Å². The molecule has 1 heterocycles. The fourth-order valence-electron chi connectivity index (χ4n) is 3.01. The molecular weight excluding hydrogens is 405 g/mol. The van der Waals surface area contributed by atoms with E-state index in [4.69, 9.17) is 9.47 Å². The highest BCUT2D eigenvalue weighted by Crippen LogP contribution is 2.29. The predicted octanol–water partition coefficient (Wildman–Crippen LogP) is 4.73. The van der Waals surface area contributed by atoms with Crippen LogP contribution >= 0.6 is 11.8 Å². The molecule has 0 fully saturated rings. The highest BCUT2D eigenvalue weighted by Gasteiger charge is 2.20. The monoisotopic (exact) mass is 429 g/mol. The lowest BCUT2D eigenvalue weighted by Crippen LogP contribution is -2.10. The number of ether oxygens (including phenoxy) is 2. The molecule has 0 unspecified atom stereocenters. The van der Waals surface area contributed by atoms with E-state index in [2.05, 4.69) is 24.0 Å². The third-order valence-corrected chi connectivity index (χ3v) is 5.39. The Morgan fingerprint density at radius 3 is 2.57 bits per heavy atom. The largest absolute Gasteiger partial charge is 0.497 e. The number of hydrogen-bond acceptors (Lipinski definition) is 6. The van der Waals surface area contributed by atoms with Gasteiger partial charge in [-0.2, -0.15) is 0 Å². The molecule has 30 heavy (non-hydrogen) atoms. The summed E-state index contributed by atoms with van der Waals surface area (Å²) in [5.74, 6) is 1.46. The topological polar surface area (TPSA) is 66.2 Å². The Hall–Kier alpha value is -2.87. The van der Waals surface area contributed by atoms with Crippen LogP contribution in [0.1, 0.15) is 24.2 Å². The van der Waals surface area contributed by atoms with E-state index in [9.17, 15) is 9.18 Å². The van der Waals surface area contributed by atoms with Gasteiger partial charge < -0.3 is 14.0 Å². The van der Waals surface area contributed by atoms with Crippen LogP contribution in [0, 0.1) is 11.7 Å². The van der Waals surface area contributed by atoms with E-state index in [1.807, 2.05) is 4.57 Å². The van der Waals surface area contributed by atoms with Crippen LogP contribution in [0.3, 0.4) is 0 Å². The molecule has 0 aliphatic heterocycles. The summed E-state index contributed by atoms with van der Waals surface area (Å²) in [4.78, 5) is 12.9. The van der Waals surface area contributed by atoms with Crippen LogP contribution in [0.4, 0.5) is 4.39 Å². The molecule has 2 aromatic carbocycles. The SMILES string of the molecule is COc1ccc(OC)c(C(=O)CSc2nnc(-c3ccccc3F)n2CC(C)C)c1. The summed E-state index contributed by atoms with van der Waals surface area (Å²) in [5.41, 5.74) is 0.826. The molecule has 3 aromatic rings. The standard InChI is InChI=1S/C22H24FN3O3S/c1-14(2)12-26-21(16-7-5-6-8-18(16)23)24-25-22(26)30-13-19(27)17-11-15(28-3)9-10-20(17)29-4/h5-11,14H,12-13H2,1-4H3. The molecule has 158 valence electrons. The maximum absolute atomic E-state index is 14.3. The second kappa shape index (κ2) is 9.75. The molecule has 0 atom stereocenters. The average Bonchev–Trinajstić information content (AvgIpc) is 3.13. The molecular formula is C22H24FN3O3S. The fourth-order valence-corrected chi connectivity index (χ4v) is 3.84. The number of thioether (sulfide) groups is 1. The number of aromatic nitrogens is 3. The molecule has 6 nitrogen and oxygen atoms in total. The maximum Gasteiger partial charge on any atom is 0.191 e. The number of rotatable bonds is 9. The number of hydrogen-bond donors (Lipinski definition) is 0. The van der Waals surface area contributed by atoms with Gasteiger partial charge in [0, 0.05) is 6.54 Å². The quantitative estimate of drug-likeness (QED) is 0.362. The highest BCUT2D eigenvalue weighted by molar-refractivity contribution is 7.99. The van der Waals surface area contributed by atoms with Gasteiger partial charge in [0.1, 0.15) is 17.3 Å². The first kappa shape index (κ1) is 21.8. The van der Waals surface area contributed by atoms with Gasteiger partial charge in [0.15, 0.2) is 16.8 Å². The lowest BCUT2D eigenvalue weighted by atomic mass is 10.1. The van der Waals surface area contributed by atoms with Crippen molar-refractivity contribution < 1.29 is 18.7 Å². The van der Waals surface area contributed by atoms with Crippen LogP contribution in [-0.2, 0) is 6.54 Å². The van der Waals surface area contributed by atoms with Gasteiger partial charge in [0.05, 0.1) is 31.1 Å². The van der Waals surface area contributed by atoms with Crippen LogP contribution in [0.2, 0.25) is 0 Å². The van der Waals surface area contributed by atoms with Crippen LogP contribution in [-0.4, -0.2) is 40.5 Å². The van der Waals surface area contributed by atoms with Crippen molar-refractivity contribution in [3.63, 3.8) is 0 Å². The number of methoxy groups -OCH3 is 2. The minimum Gasteiger partial charge on any atom is -0.497 e.